The predicted molar refractivity (Wildman–Crippen MR) is 109 cm³/mol. The van der Waals surface area contributed by atoms with E-state index in [0.717, 1.165) is 55.7 Å². The molecule has 3 atom stereocenters. The lowest BCUT2D eigenvalue weighted by Gasteiger charge is -2.30. The second-order valence-corrected chi connectivity index (χ2v) is 7.79. The normalized spacial score (nSPS) is 25.1. The summed E-state index contributed by atoms with van der Waals surface area (Å²) in [5.74, 6) is 0. The number of aromatic nitrogens is 2. The fourth-order valence-corrected chi connectivity index (χ4v) is 4.43. The molecule has 150 valence electrons. The van der Waals surface area contributed by atoms with Crippen molar-refractivity contribution in [2.75, 3.05) is 25.5 Å². The second kappa shape index (κ2) is 8.32. The van der Waals surface area contributed by atoms with Crippen LogP contribution in [0.15, 0.2) is 36.7 Å². The number of hydrogen-bond donors (Lipinski definition) is 2. The number of nitrogens with zero attached hydrogens (tertiary/aromatic N) is 3. The average molecular weight is 383 g/mol. The third-order valence-corrected chi connectivity index (χ3v) is 6.01. The van der Waals surface area contributed by atoms with Crippen LogP contribution in [0, 0.1) is 6.92 Å². The molecule has 1 aromatic carbocycles. The highest BCUT2D eigenvalue weighted by Crippen LogP contribution is 2.28. The Balaban J connectivity index is 1.39. The van der Waals surface area contributed by atoms with Crippen LogP contribution in [-0.2, 0) is 4.74 Å². The Morgan fingerprint density at radius 2 is 2.18 bits per heavy atom. The molecule has 2 aromatic rings. The number of methoxy groups -OCH3 is 1. The summed E-state index contributed by atoms with van der Waals surface area (Å²) in [5.41, 5.74) is 2.75. The molecule has 1 aliphatic carbocycles. The van der Waals surface area contributed by atoms with E-state index < -0.39 is 0 Å². The van der Waals surface area contributed by atoms with Crippen molar-refractivity contribution in [3.63, 3.8) is 0 Å². The van der Waals surface area contributed by atoms with Crippen molar-refractivity contribution in [2.45, 2.75) is 50.8 Å². The first-order valence-electron chi connectivity index (χ1n) is 10.1. The summed E-state index contributed by atoms with van der Waals surface area (Å²) >= 11 is 0. The maximum atomic E-state index is 12.7. The molecular weight excluding hydrogens is 354 g/mol. The summed E-state index contributed by atoms with van der Waals surface area (Å²) in [7, 11) is 1.78. The van der Waals surface area contributed by atoms with Crippen LogP contribution in [0.5, 0.6) is 0 Å². The molecule has 0 radical (unpaired) electrons. The number of aryl methyl sites for hydroxylation is 1. The minimum atomic E-state index is -0.139. The number of likely N-dealkylation sites (tertiary alicyclic amines) is 1. The van der Waals surface area contributed by atoms with Gasteiger partial charge in [0.1, 0.15) is 0 Å². The topological polar surface area (TPSA) is 71.4 Å². The van der Waals surface area contributed by atoms with Gasteiger partial charge in [-0.05, 0) is 56.4 Å². The summed E-state index contributed by atoms with van der Waals surface area (Å²) < 4.78 is 7.29. The molecule has 2 amide bonds. The SMILES string of the molecule is COC1CCN([C@@H]2CCC[C@@H]2NC(=O)Nc2cc(-n3cccn3)ccc2C)C1. The van der Waals surface area contributed by atoms with E-state index in [9.17, 15) is 4.79 Å². The van der Waals surface area contributed by atoms with E-state index in [1.807, 2.05) is 37.4 Å². The zero-order valence-corrected chi connectivity index (χ0v) is 16.6. The van der Waals surface area contributed by atoms with E-state index in [1.165, 1.54) is 0 Å². The van der Waals surface area contributed by atoms with Gasteiger partial charge in [0.2, 0.25) is 0 Å². The molecule has 0 spiro atoms. The molecule has 2 N–H and O–H groups in total. The van der Waals surface area contributed by atoms with Crippen molar-refractivity contribution in [3.05, 3.63) is 42.2 Å². The molecule has 1 saturated heterocycles. The molecular formula is C21H29N5O2. The molecule has 2 heterocycles. The number of anilines is 1. The van der Waals surface area contributed by atoms with Crippen LogP contribution in [0.3, 0.4) is 0 Å². The van der Waals surface area contributed by atoms with Gasteiger partial charge in [-0.2, -0.15) is 5.10 Å². The van der Waals surface area contributed by atoms with Crippen LogP contribution in [-0.4, -0.2) is 59.1 Å². The number of carbonyl (C=O) groups is 1. The van der Waals surface area contributed by atoms with Crippen molar-refractivity contribution < 1.29 is 9.53 Å². The molecule has 1 aromatic heterocycles. The van der Waals surface area contributed by atoms with Gasteiger partial charge >= 0.3 is 6.03 Å². The minimum Gasteiger partial charge on any atom is -0.380 e. The molecule has 1 aliphatic heterocycles. The Labute approximate surface area is 166 Å². The lowest BCUT2D eigenvalue weighted by molar-refractivity contribution is 0.0985. The highest BCUT2D eigenvalue weighted by molar-refractivity contribution is 5.90. The molecule has 1 unspecified atom stereocenters. The van der Waals surface area contributed by atoms with Gasteiger partial charge in [-0.15, -0.1) is 0 Å². The molecule has 7 heteroatoms. The summed E-state index contributed by atoms with van der Waals surface area (Å²) in [5, 5.41) is 10.5. The minimum absolute atomic E-state index is 0.139. The number of nitrogens with one attached hydrogen (secondary N) is 2. The number of rotatable bonds is 5. The number of carbonyl (C=O) groups excluding carboxylic acids is 1. The fraction of sp³-hybridized carbons (Fsp3) is 0.524. The van der Waals surface area contributed by atoms with Crippen molar-refractivity contribution in [1.82, 2.24) is 20.0 Å². The van der Waals surface area contributed by atoms with Gasteiger partial charge in [-0.25, -0.2) is 9.48 Å². The second-order valence-electron chi connectivity index (χ2n) is 7.79. The lowest BCUT2D eigenvalue weighted by Crippen LogP contribution is -2.49. The van der Waals surface area contributed by atoms with Gasteiger partial charge in [0.25, 0.3) is 0 Å². The number of urea groups is 1. The summed E-state index contributed by atoms with van der Waals surface area (Å²) in [6, 6.07) is 8.29. The average Bonchev–Trinajstić information content (AvgIpc) is 3.44. The Morgan fingerprint density at radius 3 is 2.93 bits per heavy atom. The summed E-state index contributed by atoms with van der Waals surface area (Å²) in [6.45, 7) is 4.01. The van der Waals surface area contributed by atoms with Crippen molar-refractivity contribution in [3.8, 4) is 5.69 Å². The first kappa shape index (κ1) is 19.0. The van der Waals surface area contributed by atoms with Crippen LogP contribution in [0.2, 0.25) is 0 Å². The van der Waals surface area contributed by atoms with Crippen molar-refractivity contribution in [1.29, 1.82) is 0 Å². The van der Waals surface area contributed by atoms with E-state index in [-0.39, 0.29) is 12.1 Å². The maximum Gasteiger partial charge on any atom is 0.319 e. The third-order valence-electron chi connectivity index (χ3n) is 6.01. The molecule has 0 bridgehead atoms. The predicted octanol–water partition coefficient (Wildman–Crippen LogP) is 2.94. The fourth-order valence-electron chi connectivity index (χ4n) is 4.43. The monoisotopic (exact) mass is 383 g/mol. The van der Waals surface area contributed by atoms with E-state index in [0.29, 0.717) is 12.1 Å². The number of benzene rings is 1. The van der Waals surface area contributed by atoms with Crippen LogP contribution >= 0.6 is 0 Å². The quantitative estimate of drug-likeness (QED) is 0.833. The van der Waals surface area contributed by atoms with Crippen molar-refractivity contribution >= 4 is 11.7 Å². The van der Waals surface area contributed by atoms with Gasteiger partial charge in [-0.3, -0.25) is 4.90 Å². The zero-order valence-electron chi connectivity index (χ0n) is 16.6. The first-order chi connectivity index (χ1) is 13.6. The Kier molecular flexibility index (Phi) is 5.64. The number of ether oxygens (including phenoxy) is 1. The zero-order chi connectivity index (χ0) is 19.5. The summed E-state index contributed by atoms with van der Waals surface area (Å²) in [4.78, 5) is 15.2. The van der Waals surface area contributed by atoms with Crippen LogP contribution < -0.4 is 10.6 Å². The largest absolute Gasteiger partial charge is 0.380 e. The van der Waals surface area contributed by atoms with Gasteiger partial charge < -0.3 is 15.4 Å². The van der Waals surface area contributed by atoms with Gasteiger partial charge in [-0.1, -0.05) is 6.07 Å². The van der Waals surface area contributed by atoms with Crippen LogP contribution in [0.4, 0.5) is 10.5 Å². The van der Waals surface area contributed by atoms with E-state index >= 15 is 0 Å². The van der Waals surface area contributed by atoms with E-state index in [1.54, 1.807) is 18.0 Å². The van der Waals surface area contributed by atoms with Gasteiger partial charge in [0, 0.05) is 50.4 Å². The first-order valence-corrected chi connectivity index (χ1v) is 10.1. The lowest BCUT2D eigenvalue weighted by atomic mass is 10.1. The highest BCUT2D eigenvalue weighted by atomic mass is 16.5. The Bertz CT molecular complexity index is 807. The molecule has 2 fully saturated rings. The highest BCUT2D eigenvalue weighted by Gasteiger charge is 2.36. The van der Waals surface area contributed by atoms with E-state index in [2.05, 4.69) is 20.6 Å². The standard InChI is InChI=1S/C21H29N5O2/c1-15-7-8-16(26-11-4-10-22-26)13-19(15)24-21(27)23-18-5-3-6-20(18)25-12-9-17(14-25)28-2/h4,7-8,10-11,13,17-18,20H,3,5-6,9,12,14H2,1-2H3,(H2,23,24,27)/t17?,18-,20+/m0/s1. The molecule has 2 aliphatic rings. The van der Waals surface area contributed by atoms with Crippen molar-refractivity contribution in [2.24, 2.45) is 0 Å². The Hall–Kier alpha value is -2.38. The maximum absolute atomic E-state index is 12.7. The Morgan fingerprint density at radius 1 is 1.29 bits per heavy atom. The molecule has 1 saturated carbocycles. The van der Waals surface area contributed by atoms with Crippen LogP contribution in [0.25, 0.3) is 5.69 Å². The molecule has 4 rings (SSSR count). The van der Waals surface area contributed by atoms with Crippen LogP contribution in [0.1, 0.15) is 31.2 Å². The van der Waals surface area contributed by atoms with Gasteiger partial charge in [0.05, 0.1) is 11.8 Å². The van der Waals surface area contributed by atoms with Gasteiger partial charge in [0.15, 0.2) is 0 Å². The smallest absolute Gasteiger partial charge is 0.319 e. The third kappa shape index (κ3) is 4.05. The number of amides is 2. The molecule has 7 nitrogen and oxygen atoms in total. The number of hydrogen-bond acceptors (Lipinski definition) is 4. The molecule has 28 heavy (non-hydrogen) atoms. The van der Waals surface area contributed by atoms with E-state index in [4.69, 9.17) is 4.74 Å². The summed E-state index contributed by atoms with van der Waals surface area (Å²) in [6.07, 6.45) is 8.34.